The quantitative estimate of drug-likeness (QED) is 0.139. The summed E-state index contributed by atoms with van der Waals surface area (Å²) in [7, 11) is 4.11. The van der Waals surface area contributed by atoms with Crippen LogP contribution in [0.3, 0.4) is 0 Å². The molecule has 0 atom stereocenters. The molecule has 0 fully saturated rings. The fraction of sp³-hybridized carbons (Fsp3) is 0.212. The van der Waals surface area contributed by atoms with Crippen LogP contribution < -0.4 is 5.56 Å². The summed E-state index contributed by atoms with van der Waals surface area (Å²) in [5, 5.41) is 1.22. The van der Waals surface area contributed by atoms with Gasteiger partial charge >= 0.3 is 0 Å². The summed E-state index contributed by atoms with van der Waals surface area (Å²) >= 11 is 5.84. The summed E-state index contributed by atoms with van der Waals surface area (Å²) < 4.78 is 1.48. The molecule has 0 aliphatic rings. The predicted molar refractivity (Wildman–Crippen MR) is 163 cm³/mol. The van der Waals surface area contributed by atoms with E-state index in [9.17, 15) is 9.59 Å². The summed E-state index contributed by atoms with van der Waals surface area (Å²) in [4.78, 5) is 45.4. The van der Waals surface area contributed by atoms with Gasteiger partial charge in [0.15, 0.2) is 5.78 Å². The number of halogens is 1. The topological polar surface area (TPSA) is 93.9 Å². The molecular weight excluding hydrogens is 548 g/mol. The minimum atomic E-state index is -0.345. The molecule has 0 bridgehead atoms. The Kier molecular flexibility index (Phi) is 9.12. The van der Waals surface area contributed by atoms with Crippen LogP contribution in [0.4, 0.5) is 0 Å². The maximum atomic E-state index is 12.9. The molecule has 0 aliphatic carbocycles. The van der Waals surface area contributed by atoms with Crippen LogP contribution in [0.5, 0.6) is 0 Å². The first kappa shape index (κ1) is 28.8. The molecule has 0 spiro atoms. The van der Waals surface area contributed by atoms with Gasteiger partial charge in [0.2, 0.25) is 0 Å². The number of ketones is 1. The van der Waals surface area contributed by atoms with Crippen molar-refractivity contribution in [1.82, 2.24) is 29.4 Å². The number of rotatable bonds is 9. The average Bonchev–Trinajstić information content (AvgIpc) is 2.98. The monoisotopic (exact) mass is 576 g/mol. The molecule has 4 aromatic heterocycles. The van der Waals surface area contributed by atoms with Crippen LogP contribution in [0, 0.1) is 11.8 Å². The van der Waals surface area contributed by atoms with E-state index in [2.05, 4.69) is 75.0 Å². The van der Waals surface area contributed by atoms with Crippen LogP contribution in [0.15, 0.2) is 84.2 Å². The molecule has 0 amide bonds. The lowest BCUT2D eigenvalue weighted by Gasteiger charge is -2.10. The molecule has 42 heavy (non-hydrogen) atoms. The Morgan fingerprint density at radius 3 is 2.50 bits per heavy atom. The fourth-order valence-electron chi connectivity index (χ4n) is 4.47. The normalized spacial score (nSPS) is 11.0. The molecule has 0 unspecified atom stereocenters. The summed E-state index contributed by atoms with van der Waals surface area (Å²) in [6.45, 7) is 1.20. The Morgan fingerprint density at radius 1 is 0.952 bits per heavy atom. The molecule has 4 heterocycles. The Labute approximate surface area is 249 Å². The van der Waals surface area contributed by atoms with Crippen LogP contribution in [-0.4, -0.2) is 49.3 Å². The highest BCUT2D eigenvalue weighted by Crippen LogP contribution is 2.14. The highest BCUT2D eigenvalue weighted by Gasteiger charge is 2.12. The maximum absolute atomic E-state index is 12.9. The zero-order chi connectivity index (χ0) is 29.5. The third-order valence-electron chi connectivity index (χ3n) is 6.56. The van der Waals surface area contributed by atoms with Crippen molar-refractivity contribution in [2.24, 2.45) is 0 Å². The first-order valence-electron chi connectivity index (χ1n) is 13.5. The molecule has 1 aromatic carbocycles. The van der Waals surface area contributed by atoms with Crippen molar-refractivity contribution in [2.75, 3.05) is 14.1 Å². The molecule has 0 N–H and O–H groups in total. The van der Waals surface area contributed by atoms with E-state index in [-0.39, 0.29) is 23.3 Å². The number of carbonyl (C=O) groups excluding carboxylic acids is 1. The van der Waals surface area contributed by atoms with Gasteiger partial charge < -0.3 is 9.47 Å². The SMILES string of the molecule is CN(C)Cc1ccc(Cc2ncc3cc(C#CCCC(=O)c4cccn(Cc5ccc(Cl)nc5)c4=O)ncc3n2)cc1. The molecule has 5 rings (SSSR count). The van der Waals surface area contributed by atoms with E-state index in [1.807, 2.05) is 6.07 Å². The summed E-state index contributed by atoms with van der Waals surface area (Å²) in [5.41, 5.74) is 4.34. The van der Waals surface area contributed by atoms with Gasteiger partial charge in [0.1, 0.15) is 16.7 Å². The minimum absolute atomic E-state index is 0.130. The van der Waals surface area contributed by atoms with E-state index in [0.717, 1.165) is 34.4 Å². The molecule has 0 radical (unpaired) electrons. The predicted octanol–water partition coefficient (Wildman–Crippen LogP) is 4.95. The third kappa shape index (κ3) is 7.52. The minimum Gasteiger partial charge on any atom is -0.310 e. The van der Waals surface area contributed by atoms with Crippen molar-refractivity contribution in [3.63, 3.8) is 0 Å². The molecular formula is C33H29ClN6O2. The van der Waals surface area contributed by atoms with Gasteiger partial charge in [0, 0.05) is 49.8 Å². The first-order valence-corrected chi connectivity index (χ1v) is 13.9. The van der Waals surface area contributed by atoms with E-state index in [1.165, 1.54) is 10.1 Å². The molecule has 9 heteroatoms. The van der Waals surface area contributed by atoms with Gasteiger partial charge in [-0.05, 0) is 61.0 Å². The second kappa shape index (κ2) is 13.3. The van der Waals surface area contributed by atoms with Crippen LogP contribution >= 0.6 is 11.6 Å². The lowest BCUT2D eigenvalue weighted by Crippen LogP contribution is -2.26. The number of benzene rings is 1. The van der Waals surface area contributed by atoms with Crippen molar-refractivity contribution < 1.29 is 4.79 Å². The standard InChI is InChI=1S/C33H29ClN6O2/c1-39(2)21-24-11-9-23(10-12-24)16-32-37-19-26-17-27(35-20-29(26)38-32)6-3-4-8-30(41)28-7-5-15-40(33(28)42)22-25-13-14-31(34)36-18-25/h5,7,9-15,17-20H,4,8,16,21-22H2,1-2H3. The Bertz CT molecular complexity index is 1840. The summed E-state index contributed by atoms with van der Waals surface area (Å²) in [5.74, 6) is 6.48. The summed E-state index contributed by atoms with van der Waals surface area (Å²) in [6, 6.07) is 17.0. The van der Waals surface area contributed by atoms with Crippen LogP contribution in [0.1, 0.15) is 51.4 Å². The molecule has 0 saturated carbocycles. The van der Waals surface area contributed by atoms with Gasteiger partial charge in [-0.2, -0.15) is 0 Å². The highest BCUT2D eigenvalue weighted by molar-refractivity contribution is 6.29. The summed E-state index contributed by atoms with van der Waals surface area (Å²) in [6.07, 6.45) is 7.81. The zero-order valence-electron chi connectivity index (χ0n) is 23.4. The second-order valence-electron chi connectivity index (χ2n) is 10.2. The van der Waals surface area contributed by atoms with Crippen LogP contribution in [-0.2, 0) is 19.5 Å². The number of pyridine rings is 3. The van der Waals surface area contributed by atoms with E-state index >= 15 is 0 Å². The fourth-order valence-corrected chi connectivity index (χ4v) is 4.58. The van der Waals surface area contributed by atoms with Crippen molar-refractivity contribution >= 4 is 28.3 Å². The Hall–Kier alpha value is -4.71. The third-order valence-corrected chi connectivity index (χ3v) is 6.78. The average molecular weight is 577 g/mol. The largest absolute Gasteiger partial charge is 0.310 e. The number of Topliss-reactive ketones (excluding diaryl/α,β-unsaturated/α-hetero) is 1. The van der Waals surface area contributed by atoms with Gasteiger partial charge in [0.05, 0.1) is 23.8 Å². The van der Waals surface area contributed by atoms with Crippen LogP contribution in [0.2, 0.25) is 5.15 Å². The first-order chi connectivity index (χ1) is 20.3. The number of aromatic nitrogens is 5. The zero-order valence-corrected chi connectivity index (χ0v) is 24.2. The van der Waals surface area contributed by atoms with E-state index in [1.54, 1.807) is 49.1 Å². The van der Waals surface area contributed by atoms with Gasteiger partial charge in [0.25, 0.3) is 5.56 Å². The van der Waals surface area contributed by atoms with Gasteiger partial charge in [-0.25, -0.2) is 19.9 Å². The number of nitrogens with zero attached hydrogens (tertiary/aromatic N) is 6. The van der Waals surface area contributed by atoms with E-state index < -0.39 is 0 Å². The number of hydrogen-bond donors (Lipinski definition) is 0. The smallest absolute Gasteiger partial charge is 0.261 e. The maximum Gasteiger partial charge on any atom is 0.261 e. The highest BCUT2D eigenvalue weighted by atomic mass is 35.5. The van der Waals surface area contributed by atoms with Gasteiger partial charge in [-0.3, -0.25) is 9.59 Å². The number of hydrogen-bond acceptors (Lipinski definition) is 7. The lowest BCUT2D eigenvalue weighted by molar-refractivity contribution is 0.0982. The van der Waals surface area contributed by atoms with Gasteiger partial charge in [-0.1, -0.05) is 47.9 Å². The second-order valence-corrected chi connectivity index (χ2v) is 10.6. The van der Waals surface area contributed by atoms with Crippen LogP contribution in [0.25, 0.3) is 10.9 Å². The molecule has 8 nitrogen and oxygen atoms in total. The number of fused-ring (bicyclic) bond motifs is 1. The van der Waals surface area contributed by atoms with Gasteiger partial charge in [-0.15, -0.1) is 0 Å². The lowest BCUT2D eigenvalue weighted by atomic mass is 10.1. The Morgan fingerprint density at radius 2 is 1.74 bits per heavy atom. The van der Waals surface area contributed by atoms with E-state index in [0.29, 0.717) is 30.2 Å². The molecule has 0 saturated heterocycles. The molecule has 5 aromatic rings. The number of carbonyl (C=O) groups is 1. The van der Waals surface area contributed by atoms with Crippen molar-refractivity contribution in [2.45, 2.75) is 32.4 Å². The van der Waals surface area contributed by atoms with Crippen molar-refractivity contribution in [3.05, 3.63) is 129 Å². The molecule has 210 valence electrons. The van der Waals surface area contributed by atoms with Crippen molar-refractivity contribution in [3.8, 4) is 11.8 Å². The van der Waals surface area contributed by atoms with E-state index in [4.69, 9.17) is 11.6 Å². The van der Waals surface area contributed by atoms with Crippen molar-refractivity contribution in [1.29, 1.82) is 0 Å². The Balaban J connectivity index is 1.19. The molecule has 0 aliphatic heterocycles.